The molecule has 0 bridgehead atoms. The van der Waals surface area contributed by atoms with Crippen molar-refractivity contribution < 1.29 is 22.9 Å². The summed E-state index contributed by atoms with van der Waals surface area (Å²) in [6.45, 7) is 1.72. The number of halogens is 3. The zero-order valence-corrected chi connectivity index (χ0v) is 15.3. The van der Waals surface area contributed by atoms with Gasteiger partial charge in [-0.1, -0.05) is 12.1 Å². The van der Waals surface area contributed by atoms with Gasteiger partial charge in [0.1, 0.15) is 6.20 Å². The molecule has 0 saturated carbocycles. The van der Waals surface area contributed by atoms with E-state index in [2.05, 4.69) is 15.5 Å². The van der Waals surface area contributed by atoms with Crippen molar-refractivity contribution in [1.29, 1.82) is 0 Å². The number of carbonyl (C=O) groups excluding carboxylic acids is 1. The Bertz CT molecular complexity index is 1090. The molecule has 0 spiro atoms. The number of hydrogen-bond donors (Lipinski definition) is 1. The number of nitro groups is 1. The van der Waals surface area contributed by atoms with E-state index in [1.807, 2.05) is 0 Å². The largest absolute Gasteiger partial charge is 0.416 e. The van der Waals surface area contributed by atoms with Crippen LogP contribution >= 0.6 is 0 Å². The predicted molar refractivity (Wildman–Crippen MR) is 95.3 cm³/mol. The molecule has 0 aliphatic heterocycles. The molecule has 0 saturated heterocycles. The number of nitrogens with zero attached hydrogens (tertiary/aromatic N) is 5. The van der Waals surface area contributed by atoms with Gasteiger partial charge in [0.25, 0.3) is 5.91 Å². The third kappa shape index (κ3) is 4.25. The van der Waals surface area contributed by atoms with Crippen LogP contribution in [0.15, 0.2) is 36.5 Å². The molecule has 0 aliphatic carbocycles. The van der Waals surface area contributed by atoms with Gasteiger partial charge < -0.3 is 5.32 Å². The first-order chi connectivity index (χ1) is 13.6. The summed E-state index contributed by atoms with van der Waals surface area (Å²) in [5.74, 6) is -0.671. The number of amides is 1. The van der Waals surface area contributed by atoms with Crippen LogP contribution in [0.1, 0.15) is 27.3 Å². The zero-order chi connectivity index (χ0) is 21.3. The highest BCUT2D eigenvalue weighted by Crippen LogP contribution is 2.29. The Labute approximate surface area is 161 Å². The summed E-state index contributed by atoms with van der Waals surface area (Å²) in [7, 11) is 1.39. The van der Waals surface area contributed by atoms with E-state index in [1.165, 1.54) is 29.9 Å². The minimum absolute atomic E-state index is 0.0531. The van der Waals surface area contributed by atoms with Gasteiger partial charge in [0.2, 0.25) is 5.69 Å². The van der Waals surface area contributed by atoms with Crippen molar-refractivity contribution in [1.82, 2.24) is 19.6 Å². The van der Waals surface area contributed by atoms with E-state index < -0.39 is 28.3 Å². The molecule has 0 radical (unpaired) electrons. The van der Waals surface area contributed by atoms with Crippen LogP contribution < -0.4 is 5.32 Å². The van der Waals surface area contributed by atoms with Crippen LogP contribution in [0.2, 0.25) is 0 Å². The molecule has 12 heteroatoms. The molecule has 2 aromatic heterocycles. The van der Waals surface area contributed by atoms with Gasteiger partial charge in [-0.25, -0.2) is 0 Å². The molecular formula is C17H15F3N6O3. The topological polar surface area (TPSA) is 108 Å². The molecule has 0 unspecified atom stereocenters. The Morgan fingerprint density at radius 2 is 2.03 bits per heavy atom. The van der Waals surface area contributed by atoms with E-state index in [0.717, 1.165) is 23.0 Å². The lowest BCUT2D eigenvalue weighted by Crippen LogP contribution is -2.18. The lowest BCUT2D eigenvalue weighted by atomic mass is 10.1. The molecule has 1 amide bonds. The number of aromatic nitrogens is 4. The zero-order valence-electron chi connectivity index (χ0n) is 15.3. The maximum absolute atomic E-state index is 12.9. The second kappa shape index (κ2) is 7.37. The summed E-state index contributed by atoms with van der Waals surface area (Å²) < 4.78 is 41.1. The predicted octanol–water partition coefficient (Wildman–Crippen LogP) is 3.15. The summed E-state index contributed by atoms with van der Waals surface area (Å²) in [6, 6.07) is 6.35. The number of alkyl halides is 3. The maximum atomic E-state index is 12.9. The second-order valence-corrected chi connectivity index (χ2v) is 6.24. The molecule has 3 aromatic rings. The van der Waals surface area contributed by atoms with E-state index in [1.54, 1.807) is 6.92 Å². The van der Waals surface area contributed by atoms with E-state index in [9.17, 15) is 28.1 Å². The molecule has 1 N–H and O–H groups in total. The normalized spacial score (nSPS) is 11.5. The maximum Gasteiger partial charge on any atom is 0.416 e. The van der Waals surface area contributed by atoms with E-state index in [4.69, 9.17) is 0 Å². The molecule has 0 fully saturated rings. The first-order valence-electron chi connectivity index (χ1n) is 8.24. The molecule has 3 rings (SSSR count). The first-order valence-corrected chi connectivity index (χ1v) is 8.24. The van der Waals surface area contributed by atoms with Crippen LogP contribution in [0.5, 0.6) is 0 Å². The molecule has 29 heavy (non-hydrogen) atoms. The summed E-state index contributed by atoms with van der Waals surface area (Å²) in [6.07, 6.45) is -3.49. The smallest absolute Gasteiger partial charge is 0.303 e. The first kappa shape index (κ1) is 20.0. The number of aryl methyl sites for hydroxylation is 2. The van der Waals surface area contributed by atoms with Crippen LogP contribution in [0.25, 0.3) is 0 Å². The monoisotopic (exact) mass is 408 g/mol. The van der Waals surface area contributed by atoms with Gasteiger partial charge in [-0.15, -0.1) is 0 Å². The van der Waals surface area contributed by atoms with Crippen molar-refractivity contribution in [2.45, 2.75) is 19.6 Å². The van der Waals surface area contributed by atoms with Gasteiger partial charge in [0.15, 0.2) is 5.82 Å². The quantitative estimate of drug-likeness (QED) is 0.515. The van der Waals surface area contributed by atoms with Gasteiger partial charge in [0.05, 0.1) is 17.0 Å². The number of hydrogen-bond acceptors (Lipinski definition) is 5. The molecule has 2 heterocycles. The molecule has 1 aromatic carbocycles. The number of carbonyl (C=O) groups is 1. The van der Waals surface area contributed by atoms with E-state index >= 15 is 0 Å². The Hall–Kier alpha value is -3.70. The van der Waals surface area contributed by atoms with Crippen LogP contribution in [-0.4, -0.2) is 30.4 Å². The van der Waals surface area contributed by atoms with Gasteiger partial charge >= 0.3 is 11.9 Å². The lowest BCUT2D eigenvalue weighted by molar-refractivity contribution is -0.385. The molecule has 9 nitrogen and oxygen atoms in total. The van der Waals surface area contributed by atoms with Gasteiger partial charge in [-0.2, -0.15) is 23.4 Å². The van der Waals surface area contributed by atoms with Crippen molar-refractivity contribution in [2.24, 2.45) is 7.05 Å². The van der Waals surface area contributed by atoms with Gasteiger partial charge in [-0.05, 0) is 24.6 Å². The number of benzene rings is 1. The van der Waals surface area contributed by atoms with Crippen LogP contribution in [0.3, 0.4) is 0 Å². The summed E-state index contributed by atoms with van der Waals surface area (Å²) >= 11 is 0. The van der Waals surface area contributed by atoms with Crippen molar-refractivity contribution in [3.05, 3.63) is 69.2 Å². The van der Waals surface area contributed by atoms with Gasteiger partial charge in [-0.3, -0.25) is 24.3 Å². The van der Waals surface area contributed by atoms with Crippen LogP contribution in [0.4, 0.5) is 24.7 Å². The van der Waals surface area contributed by atoms with E-state index in [-0.39, 0.29) is 18.1 Å². The minimum Gasteiger partial charge on any atom is -0.303 e. The van der Waals surface area contributed by atoms with Crippen molar-refractivity contribution in [3.63, 3.8) is 0 Å². The SMILES string of the molecule is Cc1cc(NC(=O)c2c([N+](=O)[O-])cnn2C)nn1Cc1cccc(C(F)(F)F)c1. The van der Waals surface area contributed by atoms with Gasteiger partial charge in [0, 0.05) is 18.8 Å². The summed E-state index contributed by atoms with van der Waals surface area (Å²) in [4.78, 5) is 22.7. The molecule has 152 valence electrons. The van der Waals surface area contributed by atoms with Crippen molar-refractivity contribution >= 4 is 17.4 Å². The second-order valence-electron chi connectivity index (χ2n) is 6.24. The van der Waals surface area contributed by atoms with E-state index in [0.29, 0.717) is 11.3 Å². The minimum atomic E-state index is -4.45. The van der Waals surface area contributed by atoms with Crippen LogP contribution in [0, 0.1) is 17.0 Å². The summed E-state index contributed by atoms with van der Waals surface area (Å²) in [5, 5.41) is 21.3. The number of nitrogens with one attached hydrogen (secondary N) is 1. The average Bonchev–Trinajstić information content (AvgIpc) is 3.17. The third-order valence-corrected chi connectivity index (χ3v) is 4.14. The Morgan fingerprint density at radius 1 is 1.31 bits per heavy atom. The molecule has 0 atom stereocenters. The lowest BCUT2D eigenvalue weighted by Gasteiger charge is -2.09. The molecule has 0 aliphatic rings. The average molecular weight is 408 g/mol. The van der Waals surface area contributed by atoms with Crippen molar-refractivity contribution in [2.75, 3.05) is 5.32 Å². The number of anilines is 1. The van der Waals surface area contributed by atoms with Crippen molar-refractivity contribution in [3.8, 4) is 0 Å². The fraction of sp³-hybridized carbons (Fsp3) is 0.235. The molecular weight excluding hydrogens is 393 g/mol. The highest BCUT2D eigenvalue weighted by molar-refractivity contribution is 6.05. The Balaban J connectivity index is 1.80. The highest BCUT2D eigenvalue weighted by Gasteiger charge is 2.30. The van der Waals surface area contributed by atoms with Crippen LogP contribution in [-0.2, 0) is 19.8 Å². The fourth-order valence-corrected chi connectivity index (χ4v) is 2.75. The summed E-state index contributed by atoms with van der Waals surface area (Å²) in [5.41, 5.74) is -0.509. The third-order valence-electron chi connectivity index (χ3n) is 4.14. The number of rotatable bonds is 5. The highest BCUT2D eigenvalue weighted by atomic mass is 19.4. The standard InChI is InChI=1S/C17H15F3N6O3/c1-10-6-14(22-16(27)15-13(26(28)29)8-21-24(15)2)23-25(10)9-11-4-3-5-12(7-11)17(18,19)20/h3-8H,9H2,1-2H3,(H,22,23,27). The Kier molecular flexibility index (Phi) is 5.10. The Morgan fingerprint density at radius 3 is 2.69 bits per heavy atom. The fourth-order valence-electron chi connectivity index (χ4n) is 2.75.